The molecular formula is C12H16FNO2. The Kier molecular flexibility index (Phi) is 3.53. The molecule has 0 aliphatic carbocycles. The average molecular weight is 225 g/mol. The molecule has 0 bridgehead atoms. The maximum Gasteiger partial charge on any atom is 0.126 e. The van der Waals surface area contributed by atoms with Crippen LogP contribution >= 0.6 is 0 Å². The summed E-state index contributed by atoms with van der Waals surface area (Å²) < 4.78 is 13.4. The van der Waals surface area contributed by atoms with E-state index in [-0.39, 0.29) is 12.4 Å². The van der Waals surface area contributed by atoms with Crippen LogP contribution in [0.25, 0.3) is 0 Å². The van der Waals surface area contributed by atoms with Crippen molar-refractivity contribution in [1.29, 1.82) is 0 Å². The third-order valence-corrected chi connectivity index (χ3v) is 2.97. The van der Waals surface area contributed by atoms with Gasteiger partial charge in [-0.1, -0.05) is 12.1 Å². The predicted octanol–water partition coefficient (Wildman–Crippen LogP) is 0.537. The molecule has 2 N–H and O–H groups in total. The SMILES string of the molecule is OCC(O)CN1CCc2c(F)cccc2C1. The van der Waals surface area contributed by atoms with Gasteiger partial charge in [0.05, 0.1) is 12.7 Å². The zero-order valence-electron chi connectivity index (χ0n) is 9.06. The summed E-state index contributed by atoms with van der Waals surface area (Å²) >= 11 is 0. The second kappa shape index (κ2) is 4.91. The van der Waals surface area contributed by atoms with Crippen molar-refractivity contribution in [2.24, 2.45) is 0 Å². The minimum absolute atomic E-state index is 0.139. The van der Waals surface area contributed by atoms with Crippen LogP contribution in [0.1, 0.15) is 11.1 Å². The number of aliphatic hydroxyl groups excluding tert-OH is 2. The molecule has 1 heterocycles. The first-order valence-corrected chi connectivity index (χ1v) is 5.48. The first-order chi connectivity index (χ1) is 7.70. The van der Waals surface area contributed by atoms with Gasteiger partial charge < -0.3 is 10.2 Å². The number of benzene rings is 1. The highest BCUT2D eigenvalue weighted by Gasteiger charge is 2.20. The molecule has 3 nitrogen and oxygen atoms in total. The molecule has 0 radical (unpaired) electrons. The predicted molar refractivity (Wildman–Crippen MR) is 58.5 cm³/mol. The Hall–Kier alpha value is -0.970. The Labute approximate surface area is 94.1 Å². The van der Waals surface area contributed by atoms with Crippen LogP contribution in [0.5, 0.6) is 0 Å². The number of fused-ring (bicyclic) bond motifs is 1. The number of aliphatic hydroxyl groups is 2. The van der Waals surface area contributed by atoms with E-state index in [1.807, 2.05) is 11.0 Å². The molecule has 1 aliphatic heterocycles. The Balaban J connectivity index is 2.06. The van der Waals surface area contributed by atoms with Crippen molar-refractivity contribution in [3.8, 4) is 0 Å². The van der Waals surface area contributed by atoms with E-state index in [1.54, 1.807) is 6.07 Å². The molecule has 0 spiro atoms. The van der Waals surface area contributed by atoms with E-state index in [0.29, 0.717) is 19.5 Å². The van der Waals surface area contributed by atoms with Gasteiger partial charge in [-0.25, -0.2) is 4.39 Å². The van der Waals surface area contributed by atoms with Crippen molar-refractivity contribution in [2.45, 2.75) is 19.1 Å². The summed E-state index contributed by atoms with van der Waals surface area (Å²) in [5.74, 6) is -0.139. The van der Waals surface area contributed by atoms with Crippen LogP contribution < -0.4 is 0 Å². The van der Waals surface area contributed by atoms with Crippen molar-refractivity contribution in [3.63, 3.8) is 0 Å². The Morgan fingerprint density at radius 3 is 3.00 bits per heavy atom. The Bertz CT molecular complexity index is 370. The molecule has 1 aliphatic rings. The van der Waals surface area contributed by atoms with Crippen LogP contribution in [-0.4, -0.2) is 40.9 Å². The number of hydrogen-bond donors (Lipinski definition) is 2. The summed E-state index contributed by atoms with van der Waals surface area (Å²) in [5.41, 5.74) is 1.77. The normalized spacial score (nSPS) is 18.2. The number of hydrogen-bond acceptors (Lipinski definition) is 3. The quantitative estimate of drug-likeness (QED) is 0.789. The van der Waals surface area contributed by atoms with Crippen molar-refractivity contribution < 1.29 is 14.6 Å². The van der Waals surface area contributed by atoms with Gasteiger partial charge in [0.25, 0.3) is 0 Å². The third kappa shape index (κ3) is 2.40. The first kappa shape index (κ1) is 11.5. The summed E-state index contributed by atoms with van der Waals surface area (Å²) in [7, 11) is 0. The lowest BCUT2D eigenvalue weighted by Crippen LogP contribution is -2.38. The van der Waals surface area contributed by atoms with E-state index in [1.165, 1.54) is 6.07 Å². The lowest BCUT2D eigenvalue weighted by atomic mass is 9.99. The van der Waals surface area contributed by atoms with Crippen molar-refractivity contribution in [2.75, 3.05) is 19.7 Å². The molecule has 0 amide bonds. The molecule has 1 aromatic rings. The molecule has 0 fully saturated rings. The molecule has 0 aromatic heterocycles. The maximum absolute atomic E-state index is 13.4. The van der Waals surface area contributed by atoms with Gasteiger partial charge in [0.15, 0.2) is 0 Å². The monoisotopic (exact) mass is 225 g/mol. The van der Waals surface area contributed by atoms with E-state index in [0.717, 1.165) is 17.7 Å². The highest BCUT2D eigenvalue weighted by molar-refractivity contribution is 5.30. The molecule has 2 rings (SSSR count). The molecule has 1 atom stereocenters. The maximum atomic E-state index is 13.4. The minimum Gasteiger partial charge on any atom is -0.394 e. The lowest BCUT2D eigenvalue weighted by Gasteiger charge is -2.30. The fourth-order valence-corrected chi connectivity index (χ4v) is 2.13. The largest absolute Gasteiger partial charge is 0.394 e. The fourth-order valence-electron chi connectivity index (χ4n) is 2.13. The molecule has 0 saturated carbocycles. The highest BCUT2D eigenvalue weighted by Crippen LogP contribution is 2.21. The van der Waals surface area contributed by atoms with Crippen molar-refractivity contribution in [1.82, 2.24) is 4.90 Å². The van der Waals surface area contributed by atoms with Crippen LogP contribution in [0, 0.1) is 5.82 Å². The summed E-state index contributed by atoms with van der Waals surface area (Å²) in [6.45, 7) is 1.58. The number of rotatable bonds is 3. The zero-order chi connectivity index (χ0) is 11.5. The van der Waals surface area contributed by atoms with Crippen LogP contribution in [0.15, 0.2) is 18.2 Å². The minimum atomic E-state index is -0.713. The molecule has 1 unspecified atom stereocenters. The van der Waals surface area contributed by atoms with Gasteiger partial charge in [-0.15, -0.1) is 0 Å². The third-order valence-electron chi connectivity index (χ3n) is 2.97. The van der Waals surface area contributed by atoms with Crippen LogP contribution in [0.3, 0.4) is 0 Å². The number of halogens is 1. The van der Waals surface area contributed by atoms with Gasteiger partial charge in [-0.05, 0) is 23.6 Å². The molecule has 88 valence electrons. The van der Waals surface area contributed by atoms with E-state index in [4.69, 9.17) is 5.11 Å². The molecule has 16 heavy (non-hydrogen) atoms. The van der Waals surface area contributed by atoms with Crippen molar-refractivity contribution >= 4 is 0 Å². The highest BCUT2D eigenvalue weighted by atomic mass is 19.1. The summed E-state index contributed by atoms with van der Waals surface area (Å²) in [6.07, 6.45) is -0.0460. The van der Waals surface area contributed by atoms with Crippen LogP contribution in [-0.2, 0) is 13.0 Å². The second-order valence-corrected chi connectivity index (χ2v) is 4.20. The van der Waals surface area contributed by atoms with E-state index in [9.17, 15) is 9.50 Å². The Morgan fingerprint density at radius 1 is 1.44 bits per heavy atom. The van der Waals surface area contributed by atoms with Gasteiger partial charge in [-0.2, -0.15) is 0 Å². The molecule has 1 aromatic carbocycles. The summed E-state index contributed by atoms with van der Waals surface area (Å²) in [6, 6.07) is 5.10. The van der Waals surface area contributed by atoms with Gasteiger partial charge in [0.1, 0.15) is 5.82 Å². The van der Waals surface area contributed by atoms with Crippen LogP contribution in [0.2, 0.25) is 0 Å². The number of β-amino-alcohol motifs (C(OH)–C–C–N with tert-alkyl or cyclic N) is 1. The van der Waals surface area contributed by atoms with Crippen molar-refractivity contribution in [3.05, 3.63) is 35.1 Å². The number of nitrogens with zero attached hydrogens (tertiary/aromatic N) is 1. The molecular weight excluding hydrogens is 209 g/mol. The smallest absolute Gasteiger partial charge is 0.126 e. The first-order valence-electron chi connectivity index (χ1n) is 5.48. The summed E-state index contributed by atoms with van der Waals surface area (Å²) in [4.78, 5) is 2.03. The topological polar surface area (TPSA) is 43.7 Å². The van der Waals surface area contributed by atoms with E-state index < -0.39 is 6.10 Å². The average Bonchev–Trinajstić information content (AvgIpc) is 2.29. The van der Waals surface area contributed by atoms with Gasteiger partial charge >= 0.3 is 0 Å². The molecule has 0 saturated heterocycles. The Morgan fingerprint density at radius 2 is 2.25 bits per heavy atom. The fraction of sp³-hybridized carbons (Fsp3) is 0.500. The van der Waals surface area contributed by atoms with E-state index in [2.05, 4.69) is 0 Å². The van der Waals surface area contributed by atoms with Crippen LogP contribution in [0.4, 0.5) is 4.39 Å². The van der Waals surface area contributed by atoms with Gasteiger partial charge in [0.2, 0.25) is 0 Å². The van der Waals surface area contributed by atoms with Gasteiger partial charge in [0, 0.05) is 19.6 Å². The standard InChI is InChI=1S/C12H16FNO2/c13-12-3-1-2-9-6-14(5-4-11(9)12)7-10(16)8-15/h1-3,10,15-16H,4-8H2. The lowest BCUT2D eigenvalue weighted by molar-refractivity contribution is 0.0549. The van der Waals surface area contributed by atoms with Gasteiger partial charge in [-0.3, -0.25) is 4.90 Å². The van der Waals surface area contributed by atoms with E-state index >= 15 is 0 Å². The molecule has 4 heteroatoms. The zero-order valence-corrected chi connectivity index (χ0v) is 9.06. The second-order valence-electron chi connectivity index (χ2n) is 4.20. The summed E-state index contributed by atoms with van der Waals surface area (Å²) in [5, 5.41) is 18.1.